The topological polar surface area (TPSA) is 54.0 Å². The third-order valence-corrected chi connectivity index (χ3v) is 4.80. The van der Waals surface area contributed by atoms with Crippen molar-refractivity contribution in [1.29, 1.82) is 0 Å². The molecular weight excluding hydrogens is 313 g/mol. The van der Waals surface area contributed by atoms with Gasteiger partial charge in [-0.05, 0) is 43.4 Å². The number of benzene rings is 1. The van der Waals surface area contributed by atoms with Gasteiger partial charge in [-0.1, -0.05) is 12.1 Å². The van der Waals surface area contributed by atoms with E-state index in [2.05, 4.69) is 15.6 Å². The number of amides is 2. The first-order valence-electron chi connectivity index (χ1n) is 7.91. The number of urea groups is 1. The van der Waals surface area contributed by atoms with Crippen LogP contribution in [0.3, 0.4) is 0 Å². The van der Waals surface area contributed by atoms with Crippen molar-refractivity contribution in [1.82, 2.24) is 15.6 Å². The molecule has 1 saturated carbocycles. The minimum Gasteiger partial charge on any atom is -0.338 e. The predicted octanol–water partition coefficient (Wildman–Crippen LogP) is 3.59. The summed E-state index contributed by atoms with van der Waals surface area (Å²) in [6.45, 7) is 1.02. The standard InChI is InChI=1S/C17H20FN3OS/c18-14-5-1-3-12(9-14)4-2-8-19-17(22)20-10-15-11-23-16(21-15)13-6-7-13/h1,3,5,9,11,13H,2,4,6-8,10H2,(H2,19,20,22). The fourth-order valence-corrected chi connectivity index (χ4v) is 3.33. The summed E-state index contributed by atoms with van der Waals surface area (Å²) < 4.78 is 13.0. The molecule has 0 spiro atoms. The Morgan fingerprint density at radius 1 is 1.35 bits per heavy atom. The van der Waals surface area contributed by atoms with Gasteiger partial charge in [0.15, 0.2) is 0 Å². The number of aromatic nitrogens is 1. The van der Waals surface area contributed by atoms with Gasteiger partial charge in [-0.3, -0.25) is 0 Å². The van der Waals surface area contributed by atoms with Gasteiger partial charge in [-0.15, -0.1) is 11.3 Å². The van der Waals surface area contributed by atoms with Crippen molar-refractivity contribution in [3.63, 3.8) is 0 Å². The predicted molar refractivity (Wildman–Crippen MR) is 89.0 cm³/mol. The summed E-state index contributed by atoms with van der Waals surface area (Å²) in [4.78, 5) is 16.3. The van der Waals surface area contributed by atoms with Crippen LogP contribution in [0.2, 0.25) is 0 Å². The van der Waals surface area contributed by atoms with E-state index in [0.29, 0.717) is 19.0 Å². The molecular formula is C17H20FN3OS. The zero-order chi connectivity index (χ0) is 16.1. The van der Waals surface area contributed by atoms with Crippen LogP contribution >= 0.6 is 11.3 Å². The van der Waals surface area contributed by atoms with E-state index in [9.17, 15) is 9.18 Å². The first kappa shape index (κ1) is 15.9. The van der Waals surface area contributed by atoms with E-state index in [1.165, 1.54) is 30.0 Å². The molecule has 122 valence electrons. The Hall–Kier alpha value is -1.95. The van der Waals surface area contributed by atoms with Gasteiger partial charge in [0, 0.05) is 17.8 Å². The maximum atomic E-state index is 13.0. The second-order valence-electron chi connectivity index (χ2n) is 5.79. The van der Waals surface area contributed by atoms with Gasteiger partial charge in [0.05, 0.1) is 17.2 Å². The molecule has 2 amide bonds. The smallest absolute Gasteiger partial charge is 0.315 e. The first-order chi connectivity index (χ1) is 11.2. The average Bonchev–Trinajstić information content (AvgIpc) is 3.28. The first-order valence-corrected chi connectivity index (χ1v) is 8.79. The molecule has 0 bridgehead atoms. The SMILES string of the molecule is O=C(NCCCc1cccc(F)c1)NCc1csc(C2CC2)n1. The second-order valence-corrected chi connectivity index (χ2v) is 6.68. The molecule has 1 aromatic heterocycles. The van der Waals surface area contributed by atoms with Crippen LogP contribution in [0.1, 0.15) is 41.4 Å². The zero-order valence-corrected chi connectivity index (χ0v) is 13.7. The third kappa shape index (κ3) is 5.03. The Bertz CT molecular complexity index is 669. The van der Waals surface area contributed by atoms with Gasteiger partial charge in [0.1, 0.15) is 5.82 Å². The number of thiazole rings is 1. The fraction of sp³-hybridized carbons (Fsp3) is 0.412. The lowest BCUT2D eigenvalue weighted by Crippen LogP contribution is -2.35. The van der Waals surface area contributed by atoms with E-state index in [1.807, 2.05) is 11.4 Å². The number of carbonyl (C=O) groups excluding carboxylic acids is 1. The van der Waals surface area contributed by atoms with E-state index in [1.54, 1.807) is 17.4 Å². The highest BCUT2D eigenvalue weighted by Gasteiger charge is 2.26. The minimum absolute atomic E-state index is 0.190. The Kier molecular flexibility index (Phi) is 5.23. The van der Waals surface area contributed by atoms with Crippen LogP contribution in [-0.4, -0.2) is 17.6 Å². The fourth-order valence-electron chi connectivity index (χ4n) is 2.34. The van der Waals surface area contributed by atoms with Crippen molar-refractivity contribution in [2.45, 2.75) is 38.1 Å². The van der Waals surface area contributed by atoms with Gasteiger partial charge in [0.2, 0.25) is 0 Å². The highest BCUT2D eigenvalue weighted by Crippen LogP contribution is 2.41. The van der Waals surface area contributed by atoms with Crippen LogP contribution in [0.5, 0.6) is 0 Å². The van der Waals surface area contributed by atoms with Crippen molar-refractivity contribution < 1.29 is 9.18 Å². The Balaban J connectivity index is 1.31. The van der Waals surface area contributed by atoms with Crippen LogP contribution in [-0.2, 0) is 13.0 Å². The molecule has 23 heavy (non-hydrogen) atoms. The highest BCUT2D eigenvalue weighted by atomic mass is 32.1. The molecule has 1 aliphatic carbocycles. The lowest BCUT2D eigenvalue weighted by molar-refractivity contribution is 0.240. The van der Waals surface area contributed by atoms with Crippen molar-refractivity contribution in [3.05, 3.63) is 51.7 Å². The molecule has 3 rings (SSSR count). The van der Waals surface area contributed by atoms with E-state index in [0.717, 1.165) is 24.1 Å². The number of nitrogens with one attached hydrogen (secondary N) is 2. The molecule has 6 heteroatoms. The van der Waals surface area contributed by atoms with Gasteiger partial charge < -0.3 is 10.6 Å². The normalized spacial score (nSPS) is 13.8. The lowest BCUT2D eigenvalue weighted by Gasteiger charge is -2.06. The van der Waals surface area contributed by atoms with Crippen molar-refractivity contribution in [2.24, 2.45) is 0 Å². The van der Waals surface area contributed by atoms with Crippen LogP contribution in [0.25, 0.3) is 0 Å². The molecule has 1 heterocycles. The summed E-state index contributed by atoms with van der Waals surface area (Å²) in [7, 11) is 0. The van der Waals surface area contributed by atoms with Gasteiger partial charge >= 0.3 is 6.03 Å². The number of carbonyl (C=O) groups is 1. The highest BCUT2D eigenvalue weighted by molar-refractivity contribution is 7.09. The average molecular weight is 333 g/mol. The van der Waals surface area contributed by atoms with E-state index in [4.69, 9.17) is 0 Å². The Labute approximate surface area is 139 Å². The van der Waals surface area contributed by atoms with Crippen LogP contribution in [0.15, 0.2) is 29.6 Å². The molecule has 1 fully saturated rings. The second kappa shape index (κ2) is 7.55. The van der Waals surface area contributed by atoms with Crippen molar-refractivity contribution >= 4 is 17.4 Å². The summed E-state index contributed by atoms with van der Waals surface area (Å²) in [5.74, 6) is 0.437. The number of halogens is 1. The summed E-state index contributed by atoms with van der Waals surface area (Å²) in [5, 5.41) is 8.83. The van der Waals surface area contributed by atoms with Crippen molar-refractivity contribution in [2.75, 3.05) is 6.54 Å². The summed E-state index contributed by atoms with van der Waals surface area (Å²) in [5.41, 5.74) is 1.87. The molecule has 1 aliphatic rings. The van der Waals surface area contributed by atoms with E-state index in [-0.39, 0.29) is 11.8 Å². The maximum Gasteiger partial charge on any atom is 0.315 e. The summed E-state index contributed by atoms with van der Waals surface area (Å²) >= 11 is 1.68. The largest absolute Gasteiger partial charge is 0.338 e. The number of nitrogens with zero attached hydrogens (tertiary/aromatic N) is 1. The summed E-state index contributed by atoms with van der Waals surface area (Å²) in [6, 6.07) is 6.37. The molecule has 2 N–H and O–H groups in total. The molecule has 0 unspecified atom stereocenters. The maximum absolute atomic E-state index is 13.0. The minimum atomic E-state index is -0.220. The third-order valence-electron chi connectivity index (χ3n) is 3.74. The van der Waals surface area contributed by atoms with Crippen LogP contribution < -0.4 is 10.6 Å². The lowest BCUT2D eigenvalue weighted by atomic mass is 10.1. The molecule has 0 aliphatic heterocycles. The number of hydrogen-bond acceptors (Lipinski definition) is 3. The molecule has 0 radical (unpaired) electrons. The monoisotopic (exact) mass is 333 g/mol. The van der Waals surface area contributed by atoms with Crippen LogP contribution in [0, 0.1) is 5.82 Å². The number of rotatable bonds is 7. The van der Waals surface area contributed by atoms with E-state index < -0.39 is 0 Å². The molecule has 2 aromatic rings. The Morgan fingerprint density at radius 2 is 2.22 bits per heavy atom. The molecule has 4 nitrogen and oxygen atoms in total. The van der Waals surface area contributed by atoms with E-state index >= 15 is 0 Å². The van der Waals surface area contributed by atoms with Crippen LogP contribution in [0.4, 0.5) is 9.18 Å². The molecule has 0 atom stereocenters. The quantitative estimate of drug-likeness (QED) is 0.761. The molecule has 0 saturated heterocycles. The zero-order valence-electron chi connectivity index (χ0n) is 12.8. The number of aryl methyl sites for hydroxylation is 1. The van der Waals surface area contributed by atoms with Gasteiger partial charge in [-0.25, -0.2) is 14.2 Å². The number of hydrogen-bond donors (Lipinski definition) is 2. The van der Waals surface area contributed by atoms with Gasteiger partial charge in [0.25, 0.3) is 0 Å². The molecule has 1 aromatic carbocycles. The van der Waals surface area contributed by atoms with Gasteiger partial charge in [-0.2, -0.15) is 0 Å². The summed E-state index contributed by atoms with van der Waals surface area (Å²) in [6.07, 6.45) is 4.01. The Morgan fingerprint density at radius 3 is 3.00 bits per heavy atom. The van der Waals surface area contributed by atoms with Crippen molar-refractivity contribution in [3.8, 4) is 0 Å².